The Morgan fingerprint density at radius 2 is 2.15 bits per heavy atom. The molecular formula is C17H25N5O4. The number of piperidine rings is 1. The van der Waals surface area contributed by atoms with E-state index < -0.39 is 0 Å². The number of amides is 2. The third-order valence-corrected chi connectivity index (χ3v) is 5.55. The molecule has 0 saturated carbocycles. The summed E-state index contributed by atoms with van der Waals surface area (Å²) in [6.45, 7) is 5.94. The normalized spacial score (nSPS) is 26.3. The Morgan fingerprint density at radius 1 is 1.35 bits per heavy atom. The van der Waals surface area contributed by atoms with Crippen molar-refractivity contribution in [1.82, 2.24) is 25.3 Å². The Bertz CT molecular complexity index is 682. The predicted molar refractivity (Wildman–Crippen MR) is 90.0 cm³/mol. The zero-order valence-electron chi connectivity index (χ0n) is 15.1. The van der Waals surface area contributed by atoms with Gasteiger partial charge >= 0.3 is 0 Å². The Morgan fingerprint density at radius 3 is 2.81 bits per heavy atom. The SMILES string of the molecule is Cc1noc(CN2CCC3(CC2)CN(C(=O)C2CCC(=O)N2)CCO3)n1. The van der Waals surface area contributed by atoms with E-state index in [1.165, 1.54) is 0 Å². The monoisotopic (exact) mass is 363 g/mol. The summed E-state index contributed by atoms with van der Waals surface area (Å²) in [5.74, 6) is 1.28. The van der Waals surface area contributed by atoms with E-state index in [2.05, 4.69) is 20.4 Å². The van der Waals surface area contributed by atoms with Crippen LogP contribution in [0.4, 0.5) is 0 Å². The second-order valence-electron chi connectivity index (χ2n) is 7.46. The lowest BCUT2D eigenvalue weighted by Gasteiger charge is -2.47. The highest BCUT2D eigenvalue weighted by Crippen LogP contribution is 2.31. The molecule has 2 amide bonds. The maximum absolute atomic E-state index is 12.7. The second kappa shape index (κ2) is 6.96. The third kappa shape index (κ3) is 3.59. The zero-order chi connectivity index (χ0) is 18.1. The highest BCUT2D eigenvalue weighted by Gasteiger charge is 2.42. The van der Waals surface area contributed by atoms with Crippen molar-refractivity contribution in [3.05, 3.63) is 11.7 Å². The third-order valence-electron chi connectivity index (χ3n) is 5.55. The molecule has 1 aromatic heterocycles. The van der Waals surface area contributed by atoms with E-state index in [1.54, 1.807) is 0 Å². The molecule has 0 aliphatic carbocycles. The molecule has 4 heterocycles. The van der Waals surface area contributed by atoms with Crippen LogP contribution in [0, 0.1) is 6.92 Å². The molecule has 9 nitrogen and oxygen atoms in total. The number of hydrogen-bond donors (Lipinski definition) is 1. The Labute approximate surface area is 152 Å². The van der Waals surface area contributed by atoms with Crippen molar-refractivity contribution in [1.29, 1.82) is 0 Å². The molecule has 9 heteroatoms. The average Bonchev–Trinajstić information content (AvgIpc) is 3.25. The van der Waals surface area contributed by atoms with Gasteiger partial charge in [-0.15, -0.1) is 0 Å². The lowest BCUT2D eigenvalue weighted by atomic mass is 9.89. The molecule has 3 fully saturated rings. The fourth-order valence-electron chi connectivity index (χ4n) is 4.07. The van der Waals surface area contributed by atoms with E-state index in [0.717, 1.165) is 25.9 Å². The van der Waals surface area contributed by atoms with Gasteiger partial charge in [0.25, 0.3) is 0 Å². The van der Waals surface area contributed by atoms with Crippen molar-refractivity contribution in [3.8, 4) is 0 Å². The summed E-state index contributed by atoms with van der Waals surface area (Å²) < 4.78 is 11.3. The fourth-order valence-corrected chi connectivity index (χ4v) is 4.07. The number of rotatable bonds is 3. The second-order valence-corrected chi connectivity index (χ2v) is 7.46. The molecule has 3 aliphatic heterocycles. The molecule has 0 radical (unpaired) electrons. The minimum absolute atomic E-state index is 0.0299. The molecule has 3 saturated heterocycles. The van der Waals surface area contributed by atoms with Crippen LogP contribution in [0.5, 0.6) is 0 Å². The van der Waals surface area contributed by atoms with Gasteiger partial charge in [-0.2, -0.15) is 4.98 Å². The van der Waals surface area contributed by atoms with E-state index >= 15 is 0 Å². The highest BCUT2D eigenvalue weighted by atomic mass is 16.5. The van der Waals surface area contributed by atoms with E-state index in [-0.39, 0.29) is 23.5 Å². The first-order valence-corrected chi connectivity index (χ1v) is 9.27. The van der Waals surface area contributed by atoms with Gasteiger partial charge in [0.15, 0.2) is 5.82 Å². The minimum Gasteiger partial charge on any atom is -0.371 e. The van der Waals surface area contributed by atoms with Crippen LogP contribution in [0.2, 0.25) is 0 Å². The molecule has 26 heavy (non-hydrogen) atoms. The van der Waals surface area contributed by atoms with Crippen molar-refractivity contribution in [3.63, 3.8) is 0 Å². The number of nitrogens with zero attached hydrogens (tertiary/aromatic N) is 4. The van der Waals surface area contributed by atoms with Crippen molar-refractivity contribution in [2.24, 2.45) is 0 Å². The van der Waals surface area contributed by atoms with E-state index in [9.17, 15) is 9.59 Å². The van der Waals surface area contributed by atoms with Crippen LogP contribution in [0.1, 0.15) is 37.4 Å². The Balaban J connectivity index is 1.33. The van der Waals surface area contributed by atoms with Crippen LogP contribution in [0.25, 0.3) is 0 Å². The number of hydrogen-bond acceptors (Lipinski definition) is 7. The van der Waals surface area contributed by atoms with E-state index in [4.69, 9.17) is 9.26 Å². The Kier molecular flexibility index (Phi) is 4.66. The van der Waals surface area contributed by atoms with Crippen LogP contribution in [-0.4, -0.2) is 76.2 Å². The number of likely N-dealkylation sites (tertiary alicyclic amines) is 1. The molecule has 1 spiro atoms. The number of morpholine rings is 1. The van der Waals surface area contributed by atoms with Gasteiger partial charge in [-0.25, -0.2) is 0 Å². The first kappa shape index (κ1) is 17.4. The van der Waals surface area contributed by atoms with Gasteiger partial charge in [0.05, 0.1) is 18.8 Å². The summed E-state index contributed by atoms with van der Waals surface area (Å²) in [6.07, 6.45) is 2.76. The van der Waals surface area contributed by atoms with Crippen molar-refractivity contribution in [2.75, 3.05) is 32.8 Å². The van der Waals surface area contributed by atoms with Crippen molar-refractivity contribution in [2.45, 2.75) is 50.8 Å². The molecule has 0 bridgehead atoms. The molecule has 1 aromatic rings. The molecule has 0 aromatic carbocycles. The predicted octanol–water partition coefficient (Wildman–Crippen LogP) is -0.150. The zero-order valence-corrected chi connectivity index (χ0v) is 15.1. The van der Waals surface area contributed by atoms with Crippen LogP contribution < -0.4 is 5.32 Å². The fraction of sp³-hybridized carbons (Fsp3) is 0.765. The van der Waals surface area contributed by atoms with E-state index in [1.807, 2.05) is 11.8 Å². The van der Waals surface area contributed by atoms with E-state index in [0.29, 0.717) is 50.8 Å². The maximum Gasteiger partial charge on any atom is 0.245 e. The van der Waals surface area contributed by atoms with Gasteiger partial charge in [0, 0.05) is 32.6 Å². The van der Waals surface area contributed by atoms with Crippen LogP contribution in [0.3, 0.4) is 0 Å². The van der Waals surface area contributed by atoms with Gasteiger partial charge in [-0.3, -0.25) is 14.5 Å². The highest BCUT2D eigenvalue weighted by molar-refractivity contribution is 5.90. The van der Waals surface area contributed by atoms with Gasteiger partial charge in [0.2, 0.25) is 17.7 Å². The van der Waals surface area contributed by atoms with Crippen LogP contribution in [-0.2, 0) is 20.9 Å². The molecular weight excluding hydrogens is 338 g/mol. The maximum atomic E-state index is 12.7. The van der Waals surface area contributed by atoms with Gasteiger partial charge < -0.3 is 19.5 Å². The molecule has 142 valence electrons. The van der Waals surface area contributed by atoms with Gasteiger partial charge in [-0.05, 0) is 26.2 Å². The van der Waals surface area contributed by atoms with Crippen molar-refractivity contribution < 1.29 is 18.8 Å². The number of nitrogens with one attached hydrogen (secondary N) is 1. The molecule has 4 rings (SSSR count). The number of aryl methyl sites for hydroxylation is 1. The summed E-state index contributed by atoms with van der Waals surface area (Å²) in [5, 5.41) is 6.60. The summed E-state index contributed by atoms with van der Waals surface area (Å²) in [7, 11) is 0. The first-order valence-electron chi connectivity index (χ1n) is 9.27. The number of carbonyl (C=O) groups excluding carboxylic acids is 2. The summed E-state index contributed by atoms with van der Waals surface area (Å²) in [5.41, 5.74) is -0.280. The molecule has 1 N–H and O–H groups in total. The number of ether oxygens (including phenoxy) is 1. The average molecular weight is 363 g/mol. The lowest BCUT2D eigenvalue weighted by Crippen LogP contribution is -2.60. The van der Waals surface area contributed by atoms with Crippen molar-refractivity contribution >= 4 is 11.8 Å². The molecule has 3 aliphatic rings. The molecule has 1 unspecified atom stereocenters. The summed E-state index contributed by atoms with van der Waals surface area (Å²) >= 11 is 0. The van der Waals surface area contributed by atoms with Crippen LogP contribution in [0.15, 0.2) is 4.52 Å². The lowest BCUT2D eigenvalue weighted by molar-refractivity contribution is -0.161. The smallest absolute Gasteiger partial charge is 0.245 e. The molecule has 1 atom stereocenters. The Hall–Kier alpha value is -2.00. The van der Waals surface area contributed by atoms with Gasteiger partial charge in [-0.1, -0.05) is 5.16 Å². The summed E-state index contributed by atoms with van der Waals surface area (Å²) in [4.78, 5) is 32.5. The topological polar surface area (TPSA) is 101 Å². The minimum atomic E-state index is -0.362. The largest absolute Gasteiger partial charge is 0.371 e. The summed E-state index contributed by atoms with van der Waals surface area (Å²) in [6, 6.07) is -0.362. The number of carbonyl (C=O) groups is 2. The number of aromatic nitrogens is 2. The standard InChI is InChI=1S/C17H25N5O4/c1-12-18-15(26-20-12)10-21-6-4-17(5-7-21)11-22(8-9-25-17)16(24)13-2-3-14(23)19-13/h13H,2-11H2,1H3,(H,19,23). The first-order chi connectivity index (χ1) is 12.5. The van der Waals surface area contributed by atoms with Crippen LogP contribution >= 0.6 is 0 Å². The quantitative estimate of drug-likeness (QED) is 0.797. The van der Waals surface area contributed by atoms with Gasteiger partial charge in [0.1, 0.15) is 6.04 Å².